The van der Waals surface area contributed by atoms with Crippen LogP contribution in [0, 0.1) is 24.7 Å². The number of aromatic hydroxyl groups is 1. The molecule has 172 valence electrons. The Hall–Kier alpha value is -1.22. The van der Waals surface area contributed by atoms with E-state index in [4.69, 9.17) is 9.84 Å². The third-order valence-corrected chi connectivity index (χ3v) is 7.11. The quantitative estimate of drug-likeness (QED) is 0.356. The lowest BCUT2D eigenvalue weighted by molar-refractivity contribution is 0.0515. The average Bonchev–Trinajstić information content (AvgIpc) is 2.68. The maximum absolute atomic E-state index is 9.82. The monoisotopic (exact) mass is 418 g/mol. The fraction of sp³-hybridized carbons (Fsp3) is 0.778. The summed E-state index contributed by atoms with van der Waals surface area (Å²) < 4.78 is 6.44. The van der Waals surface area contributed by atoms with Crippen molar-refractivity contribution in [2.75, 3.05) is 6.61 Å². The Kier molecular flexibility index (Phi) is 10.0. The zero-order valence-electron chi connectivity index (χ0n) is 20.2. The van der Waals surface area contributed by atoms with E-state index in [1.807, 2.05) is 13.0 Å². The summed E-state index contributed by atoms with van der Waals surface area (Å²) in [5.41, 5.74) is 2.12. The molecule has 0 aliphatic carbocycles. The van der Waals surface area contributed by atoms with Gasteiger partial charge in [-0.25, -0.2) is 0 Å². The van der Waals surface area contributed by atoms with Crippen molar-refractivity contribution in [2.24, 2.45) is 17.8 Å². The SMILES string of the molecule is Cc1cc(O)cc2c1O[C@](C)(CCCC(C)CCCC(C)CCCC(C)CO)CC2. The van der Waals surface area contributed by atoms with Crippen molar-refractivity contribution in [1.82, 2.24) is 0 Å². The molecule has 0 bridgehead atoms. The van der Waals surface area contributed by atoms with Gasteiger partial charge in [-0.1, -0.05) is 59.3 Å². The summed E-state index contributed by atoms with van der Waals surface area (Å²) in [6.45, 7) is 11.5. The highest BCUT2D eigenvalue weighted by Gasteiger charge is 2.32. The van der Waals surface area contributed by atoms with E-state index in [0.717, 1.165) is 54.4 Å². The van der Waals surface area contributed by atoms with Crippen LogP contribution in [-0.2, 0) is 6.42 Å². The third kappa shape index (κ3) is 8.13. The Labute approximate surface area is 185 Å². The van der Waals surface area contributed by atoms with Crippen LogP contribution in [0.25, 0.3) is 0 Å². The lowest BCUT2D eigenvalue weighted by atomic mass is 9.85. The second kappa shape index (κ2) is 12.0. The normalized spacial score (nSPS) is 21.5. The van der Waals surface area contributed by atoms with Gasteiger partial charge in [0.2, 0.25) is 0 Å². The van der Waals surface area contributed by atoms with Crippen LogP contribution in [-0.4, -0.2) is 22.4 Å². The molecule has 0 saturated heterocycles. The van der Waals surface area contributed by atoms with Crippen molar-refractivity contribution >= 4 is 0 Å². The number of phenolic OH excluding ortho intramolecular Hbond substituents is 1. The number of hydrogen-bond acceptors (Lipinski definition) is 3. The highest BCUT2D eigenvalue weighted by atomic mass is 16.5. The van der Waals surface area contributed by atoms with E-state index in [9.17, 15) is 5.11 Å². The first-order valence-electron chi connectivity index (χ1n) is 12.3. The largest absolute Gasteiger partial charge is 0.508 e. The fourth-order valence-corrected chi connectivity index (χ4v) is 4.86. The molecule has 1 heterocycles. The van der Waals surface area contributed by atoms with Crippen molar-refractivity contribution in [3.63, 3.8) is 0 Å². The molecule has 4 atom stereocenters. The van der Waals surface area contributed by atoms with E-state index in [1.165, 1.54) is 44.9 Å². The van der Waals surface area contributed by atoms with Gasteiger partial charge in [-0.05, 0) is 87.0 Å². The highest BCUT2D eigenvalue weighted by molar-refractivity contribution is 5.47. The lowest BCUT2D eigenvalue weighted by Gasteiger charge is -2.37. The molecule has 2 rings (SSSR count). The first-order chi connectivity index (χ1) is 14.2. The maximum Gasteiger partial charge on any atom is 0.126 e. The fourth-order valence-electron chi connectivity index (χ4n) is 4.86. The third-order valence-electron chi connectivity index (χ3n) is 7.11. The Balaban J connectivity index is 1.63. The molecule has 1 aliphatic rings. The molecule has 3 unspecified atom stereocenters. The highest BCUT2D eigenvalue weighted by Crippen LogP contribution is 2.40. The molecule has 0 fully saturated rings. The van der Waals surface area contributed by atoms with Crippen LogP contribution in [0.4, 0.5) is 0 Å². The standard InChI is InChI=1S/C27H46O3/c1-20(11-7-12-22(3)19-28)9-6-10-21(2)13-8-15-27(5)16-14-24-18-25(29)17-23(4)26(24)30-27/h17-18,20-22,28-29H,6-16,19H2,1-5H3/t20?,21?,22?,27-/m1/s1. The van der Waals surface area contributed by atoms with Crippen LogP contribution >= 0.6 is 0 Å². The Morgan fingerprint density at radius 3 is 2.10 bits per heavy atom. The van der Waals surface area contributed by atoms with Gasteiger partial charge >= 0.3 is 0 Å². The molecule has 0 saturated carbocycles. The molecular formula is C27H46O3. The van der Waals surface area contributed by atoms with Gasteiger partial charge in [-0.2, -0.15) is 0 Å². The van der Waals surface area contributed by atoms with Gasteiger partial charge in [0.15, 0.2) is 0 Å². The second-order valence-electron chi connectivity index (χ2n) is 10.6. The van der Waals surface area contributed by atoms with Crippen molar-refractivity contribution in [3.8, 4) is 11.5 Å². The summed E-state index contributed by atoms with van der Waals surface area (Å²) in [6, 6.07) is 3.67. The number of hydrogen-bond donors (Lipinski definition) is 2. The van der Waals surface area contributed by atoms with E-state index < -0.39 is 0 Å². The molecule has 3 heteroatoms. The van der Waals surface area contributed by atoms with E-state index in [0.29, 0.717) is 18.3 Å². The molecule has 2 N–H and O–H groups in total. The van der Waals surface area contributed by atoms with Crippen LogP contribution in [0.3, 0.4) is 0 Å². The van der Waals surface area contributed by atoms with Crippen LogP contribution in [0.2, 0.25) is 0 Å². The molecule has 1 aromatic carbocycles. The number of phenols is 1. The van der Waals surface area contributed by atoms with Gasteiger partial charge in [-0.3, -0.25) is 0 Å². The predicted molar refractivity (Wildman–Crippen MR) is 126 cm³/mol. The van der Waals surface area contributed by atoms with Crippen molar-refractivity contribution < 1.29 is 14.9 Å². The Bertz CT molecular complexity index is 641. The molecule has 3 nitrogen and oxygen atoms in total. The lowest BCUT2D eigenvalue weighted by Crippen LogP contribution is -2.36. The number of fused-ring (bicyclic) bond motifs is 1. The minimum atomic E-state index is -0.0747. The van der Waals surface area contributed by atoms with Gasteiger partial charge in [0, 0.05) is 6.61 Å². The smallest absolute Gasteiger partial charge is 0.126 e. The molecule has 30 heavy (non-hydrogen) atoms. The zero-order chi connectivity index (χ0) is 22.1. The van der Waals surface area contributed by atoms with Crippen molar-refractivity contribution in [2.45, 2.75) is 111 Å². The Morgan fingerprint density at radius 1 is 0.933 bits per heavy atom. The van der Waals surface area contributed by atoms with Gasteiger partial charge in [0.05, 0.1) is 0 Å². The summed E-state index contributed by atoms with van der Waals surface area (Å²) in [4.78, 5) is 0. The number of benzene rings is 1. The summed E-state index contributed by atoms with van der Waals surface area (Å²) >= 11 is 0. The average molecular weight is 419 g/mol. The summed E-state index contributed by atoms with van der Waals surface area (Å²) in [6.07, 6.45) is 13.3. The number of ether oxygens (including phenoxy) is 1. The molecule has 0 spiro atoms. The molecule has 0 aromatic heterocycles. The summed E-state index contributed by atoms with van der Waals surface area (Å²) in [7, 11) is 0. The second-order valence-corrected chi connectivity index (χ2v) is 10.6. The first kappa shape index (κ1) is 25.0. The maximum atomic E-state index is 9.82. The van der Waals surface area contributed by atoms with E-state index in [2.05, 4.69) is 27.7 Å². The number of aliphatic hydroxyl groups excluding tert-OH is 1. The van der Waals surface area contributed by atoms with Gasteiger partial charge in [-0.15, -0.1) is 0 Å². The number of rotatable bonds is 13. The molecule has 0 radical (unpaired) electrons. The molecule has 1 aromatic rings. The summed E-state index contributed by atoms with van der Waals surface area (Å²) in [5.74, 6) is 3.39. The van der Waals surface area contributed by atoms with Gasteiger partial charge < -0.3 is 14.9 Å². The van der Waals surface area contributed by atoms with Crippen LogP contribution in [0.1, 0.15) is 103 Å². The number of aryl methyl sites for hydroxylation is 2. The van der Waals surface area contributed by atoms with Crippen molar-refractivity contribution in [1.29, 1.82) is 0 Å². The molecule has 0 amide bonds. The molecule has 1 aliphatic heterocycles. The van der Waals surface area contributed by atoms with Gasteiger partial charge in [0.1, 0.15) is 17.1 Å². The zero-order valence-corrected chi connectivity index (χ0v) is 20.2. The topological polar surface area (TPSA) is 49.7 Å². The Morgan fingerprint density at radius 2 is 1.50 bits per heavy atom. The summed E-state index contributed by atoms with van der Waals surface area (Å²) in [5, 5.41) is 18.9. The predicted octanol–water partition coefficient (Wildman–Crippen LogP) is 7.20. The molecular weight excluding hydrogens is 372 g/mol. The van der Waals surface area contributed by atoms with Crippen LogP contribution < -0.4 is 4.74 Å². The first-order valence-corrected chi connectivity index (χ1v) is 12.3. The van der Waals surface area contributed by atoms with Crippen LogP contribution in [0.5, 0.6) is 11.5 Å². The minimum absolute atomic E-state index is 0.0747. The minimum Gasteiger partial charge on any atom is -0.508 e. The van der Waals surface area contributed by atoms with Gasteiger partial charge in [0.25, 0.3) is 0 Å². The van der Waals surface area contributed by atoms with E-state index in [1.54, 1.807) is 6.07 Å². The van der Waals surface area contributed by atoms with E-state index >= 15 is 0 Å². The van der Waals surface area contributed by atoms with Crippen LogP contribution in [0.15, 0.2) is 12.1 Å². The van der Waals surface area contributed by atoms with E-state index in [-0.39, 0.29) is 5.60 Å². The number of aliphatic hydroxyl groups is 1. The van der Waals surface area contributed by atoms with Crippen molar-refractivity contribution in [3.05, 3.63) is 23.3 Å².